The van der Waals surface area contributed by atoms with Gasteiger partial charge < -0.3 is 10.1 Å². The molecule has 3 amide bonds. The van der Waals surface area contributed by atoms with Gasteiger partial charge in [0, 0.05) is 5.69 Å². The van der Waals surface area contributed by atoms with Crippen LogP contribution in [0, 0.1) is 37.5 Å². The summed E-state index contributed by atoms with van der Waals surface area (Å²) in [4.78, 5) is 51.2. The maximum Gasteiger partial charge on any atom is 0.329 e. The van der Waals surface area contributed by atoms with Crippen LogP contribution in [-0.2, 0) is 23.9 Å². The number of ether oxygens (including phenoxy) is 1. The zero-order valence-electron chi connectivity index (χ0n) is 16.9. The number of fused-ring (bicyclic) bond motifs is 5. The molecule has 2 aliphatic carbocycles. The van der Waals surface area contributed by atoms with Gasteiger partial charge in [0.2, 0.25) is 11.8 Å². The number of carbonyl (C=O) groups excluding carboxylic acids is 4. The first-order chi connectivity index (χ1) is 13.8. The van der Waals surface area contributed by atoms with E-state index in [9.17, 15) is 19.2 Å². The topological polar surface area (TPSA) is 92.8 Å². The van der Waals surface area contributed by atoms with Crippen LogP contribution in [0.2, 0.25) is 0 Å². The number of anilines is 1. The molecular weight excluding hydrogens is 372 g/mol. The molecule has 29 heavy (non-hydrogen) atoms. The van der Waals surface area contributed by atoms with Crippen molar-refractivity contribution >= 4 is 29.4 Å². The second-order valence-electron chi connectivity index (χ2n) is 8.58. The number of rotatable bonds is 5. The van der Waals surface area contributed by atoms with Crippen LogP contribution in [0.15, 0.2) is 18.2 Å². The predicted octanol–water partition coefficient (Wildman–Crippen LogP) is 2.20. The van der Waals surface area contributed by atoms with E-state index in [0.29, 0.717) is 5.69 Å². The van der Waals surface area contributed by atoms with Crippen molar-refractivity contribution in [3.8, 4) is 0 Å². The first-order valence-electron chi connectivity index (χ1n) is 10.2. The molecule has 1 N–H and O–H groups in total. The molecule has 7 heteroatoms. The minimum Gasteiger partial charge on any atom is -0.454 e. The molecule has 0 unspecified atom stereocenters. The normalized spacial score (nSPS) is 28.4. The highest BCUT2D eigenvalue weighted by Gasteiger charge is 2.62. The molecule has 0 spiro atoms. The molecular formula is C22H26N2O5. The zero-order chi connectivity index (χ0) is 20.9. The number of nitrogens with one attached hydrogen (secondary N) is 1. The Morgan fingerprint density at radius 1 is 1.14 bits per heavy atom. The lowest BCUT2D eigenvalue weighted by molar-refractivity contribution is -0.159. The molecule has 1 aliphatic heterocycles. The number of amides is 3. The minimum absolute atomic E-state index is 0.253. The summed E-state index contributed by atoms with van der Waals surface area (Å²) in [7, 11) is 0. The number of benzene rings is 1. The van der Waals surface area contributed by atoms with E-state index in [2.05, 4.69) is 5.32 Å². The van der Waals surface area contributed by atoms with Crippen LogP contribution < -0.4 is 5.32 Å². The molecule has 154 valence electrons. The smallest absolute Gasteiger partial charge is 0.329 e. The Morgan fingerprint density at radius 2 is 1.76 bits per heavy atom. The number of aryl methyl sites for hydroxylation is 2. The number of esters is 1. The van der Waals surface area contributed by atoms with E-state index < -0.39 is 24.5 Å². The van der Waals surface area contributed by atoms with Crippen LogP contribution in [0.25, 0.3) is 0 Å². The minimum atomic E-state index is -1.02. The van der Waals surface area contributed by atoms with E-state index in [0.717, 1.165) is 35.3 Å². The molecule has 1 aromatic carbocycles. The molecule has 1 heterocycles. The number of hydrogen-bond acceptors (Lipinski definition) is 5. The number of likely N-dealkylation sites (tertiary alicyclic amines) is 1. The van der Waals surface area contributed by atoms with Gasteiger partial charge in [0.15, 0.2) is 6.61 Å². The Hall–Kier alpha value is -2.70. The average molecular weight is 398 g/mol. The van der Waals surface area contributed by atoms with Crippen molar-refractivity contribution in [3.05, 3.63) is 29.3 Å². The molecule has 2 saturated carbocycles. The second-order valence-corrected chi connectivity index (χ2v) is 8.58. The molecule has 5 atom stereocenters. The first kappa shape index (κ1) is 19.6. The third-order valence-electron chi connectivity index (χ3n) is 6.69. The van der Waals surface area contributed by atoms with Gasteiger partial charge in [0.05, 0.1) is 11.8 Å². The Balaban J connectivity index is 1.34. The van der Waals surface area contributed by atoms with Crippen LogP contribution in [-0.4, -0.2) is 41.2 Å². The van der Waals surface area contributed by atoms with Gasteiger partial charge in [-0.2, -0.15) is 0 Å². The monoisotopic (exact) mass is 398 g/mol. The summed E-state index contributed by atoms with van der Waals surface area (Å²) >= 11 is 0. The summed E-state index contributed by atoms with van der Waals surface area (Å²) in [5, 5.41) is 2.71. The van der Waals surface area contributed by atoms with Crippen LogP contribution in [0.4, 0.5) is 5.69 Å². The molecule has 1 saturated heterocycles. The van der Waals surface area contributed by atoms with Crippen LogP contribution in [0.3, 0.4) is 0 Å². The lowest BCUT2D eigenvalue weighted by atomic mass is 9.81. The van der Waals surface area contributed by atoms with E-state index in [4.69, 9.17) is 4.74 Å². The third kappa shape index (κ3) is 3.32. The molecule has 2 bridgehead atoms. The van der Waals surface area contributed by atoms with Crippen molar-refractivity contribution in [2.75, 3.05) is 11.9 Å². The Morgan fingerprint density at radius 3 is 2.34 bits per heavy atom. The molecule has 1 aromatic rings. The quantitative estimate of drug-likeness (QED) is 0.606. The fraction of sp³-hybridized carbons (Fsp3) is 0.545. The van der Waals surface area contributed by atoms with Gasteiger partial charge in [0.25, 0.3) is 5.91 Å². The summed E-state index contributed by atoms with van der Waals surface area (Å²) in [6.45, 7) is 4.86. The fourth-order valence-corrected chi connectivity index (χ4v) is 5.32. The van der Waals surface area contributed by atoms with Crippen molar-refractivity contribution in [2.45, 2.75) is 46.1 Å². The second kappa shape index (κ2) is 7.28. The Bertz CT molecular complexity index is 867. The Kier molecular flexibility index (Phi) is 4.92. The molecule has 4 rings (SSSR count). The van der Waals surface area contributed by atoms with E-state index in [-0.39, 0.29) is 35.5 Å². The SMILES string of the molecule is Cc1ccc(NC(=O)COC(=O)[C@H](C)N2C(=O)[C@@H]3[C@@H]4CC[C@@H](C4)[C@@H]3C2=O)c(C)c1. The predicted molar refractivity (Wildman–Crippen MR) is 105 cm³/mol. The molecule has 3 aliphatic rings. The van der Waals surface area contributed by atoms with E-state index >= 15 is 0 Å². The highest BCUT2D eigenvalue weighted by Crippen LogP contribution is 2.56. The van der Waals surface area contributed by atoms with E-state index in [1.54, 1.807) is 6.07 Å². The van der Waals surface area contributed by atoms with Gasteiger partial charge in [-0.05, 0) is 63.5 Å². The van der Waals surface area contributed by atoms with Gasteiger partial charge in [-0.25, -0.2) is 4.79 Å². The summed E-state index contributed by atoms with van der Waals surface area (Å²) in [5.74, 6) is -1.74. The standard InChI is InChI=1S/C22H26N2O5/c1-11-4-7-16(12(2)8-11)23-17(25)10-29-22(28)13(3)24-20(26)18-14-5-6-15(9-14)19(18)21(24)27/h4,7-8,13-15,18-19H,5-6,9-10H2,1-3H3,(H,23,25)/t13-,14-,15+,18-,19+/m0/s1. The number of hydrogen-bond donors (Lipinski definition) is 1. The molecule has 0 aromatic heterocycles. The highest BCUT2D eigenvalue weighted by atomic mass is 16.5. The highest BCUT2D eigenvalue weighted by molar-refractivity contribution is 6.08. The van der Waals surface area contributed by atoms with Crippen molar-refractivity contribution < 1.29 is 23.9 Å². The maximum absolute atomic E-state index is 12.8. The molecule has 0 radical (unpaired) electrons. The van der Waals surface area contributed by atoms with Crippen molar-refractivity contribution in [3.63, 3.8) is 0 Å². The number of carbonyl (C=O) groups is 4. The van der Waals surface area contributed by atoms with Crippen molar-refractivity contribution in [1.82, 2.24) is 4.90 Å². The van der Waals surface area contributed by atoms with Gasteiger partial charge in [0.1, 0.15) is 6.04 Å². The first-order valence-corrected chi connectivity index (χ1v) is 10.2. The lowest BCUT2D eigenvalue weighted by Crippen LogP contribution is -2.45. The average Bonchev–Trinajstić information content (AvgIpc) is 3.35. The van der Waals surface area contributed by atoms with Crippen LogP contribution in [0.1, 0.15) is 37.3 Å². The van der Waals surface area contributed by atoms with Crippen LogP contribution in [0.5, 0.6) is 0 Å². The maximum atomic E-state index is 12.8. The van der Waals surface area contributed by atoms with Gasteiger partial charge >= 0.3 is 5.97 Å². The van der Waals surface area contributed by atoms with E-state index in [1.165, 1.54) is 6.92 Å². The van der Waals surface area contributed by atoms with Gasteiger partial charge in [-0.1, -0.05) is 17.7 Å². The summed E-state index contributed by atoms with van der Waals surface area (Å²) in [6, 6.07) is 4.60. The number of imide groups is 1. The summed E-state index contributed by atoms with van der Waals surface area (Å²) < 4.78 is 5.10. The zero-order valence-corrected chi connectivity index (χ0v) is 16.9. The molecule has 3 fully saturated rings. The van der Waals surface area contributed by atoms with E-state index in [1.807, 2.05) is 26.0 Å². The number of nitrogens with zero attached hydrogens (tertiary/aromatic N) is 1. The summed E-state index contributed by atoms with van der Waals surface area (Å²) in [6.07, 6.45) is 2.91. The third-order valence-corrected chi connectivity index (χ3v) is 6.69. The van der Waals surface area contributed by atoms with Crippen molar-refractivity contribution in [1.29, 1.82) is 0 Å². The summed E-state index contributed by atoms with van der Waals surface area (Å²) in [5.41, 5.74) is 2.64. The fourth-order valence-electron chi connectivity index (χ4n) is 5.32. The van der Waals surface area contributed by atoms with Gasteiger partial charge in [-0.15, -0.1) is 0 Å². The van der Waals surface area contributed by atoms with Crippen LogP contribution >= 0.6 is 0 Å². The lowest BCUT2D eigenvalue weighted by Gasteiger charge is -2.23. The molecule has 7 nitrogen and oxygen atoms in total. The van der Waals surface area contributed by atoms with Crippen molar-refractivity contribution in [2.24, 2.45) is 23.7 Å². The largest absolute Gasteiger partial charge is 0.454 e. The Labute approximate surface area is 169 Å². The van der Waals surface area contributed by atoms with Gasteiger partial charge in [-0.3, -0.25) is 19.3 Å².